The van der Waals surface area contributed by atoms with Crippen LogP contribution in [0.4, 0.5) is 5.69 Å². The van der Waals surface area contributed by atoms with E-state index in [4.69, 9.17) is 16.3 Å². The highest BCUT2D eigenvalue weighted by Crippen LogP contribution is 2.27. The van der Waals surface area contributed by atoms with Crippen molar-refractivity contribution in [2.24, 2.45) is 0 Å². The van der Waals surface area contributed by atoms with Gasteiger partial charge in [-0.1, -0.05) is 11.6 Å². The number of benzene rings is 1. The Kier molecular flexibility index (Phi) is 5.45. The summed E-state index contributed by atoms with van der Waals surface area (Å²) in [6, 6.07) is 4.90. The van der Waals surface area contributed by atoms with Gasteiger partial charge in [-0.15, -0.1) is 0 Å². The van der Waals surface area contributed by atoms with Gasteiger partial charge in [0, 0.05) is 12.1 Å². The van der Waals surface area contributed by atoms with Crippen molar-refractivity contribution in [1.29, 1.82) is 0 Å². The third-order valence-corrected chi connectivity index (χ3v) is 2.51. The molecule has 0 fully saturated rings. The fraction of sp³-hybridized carbons (Fsp3) is 0.333. The molecule has 0 aliphatic carbocycles. The number of ether oxygens (including phenoxy) is 2. The molecular weight excluding hydrogens is 258 g/mol. The molecule has 0 bridgehead atoms. The van der Waals surface area contributed by atoms with Gasteiger partial charge in [0.25, 0.3) is 0 Å². The van der Waals surface area contributed by atoms with Crippen LogP contribution >= 0.6 is 11.6 Å². The Bertz CT molecular complexity index is 448. The number of rotatable bonds is 5. The summed E-state index contributed by atoms with van der Waals surface area (Å²) in [6.07, 6.45) is 0.114. The van der Waals surface area contributed by atoms with Crippen LogP contribution in [0.2, 0.25) is 5.02 Å². The second-order valence-electron chi connectivity index (χ2n) is 3.47. The van der Waals surface area contributed by atoms with E-state index in [9.17, 15) is 9.59 Å². The van der Waals surface area contributed by atoms with Gasteiger partial charge in [0.1, 0.15) is 5.75 Å². The van der Waals surface area contributed by atoms with Crippen LogP contribution in [0.25, 0.3) is 0 Å². The van der Waals surface area contributed by atoms with E-state index in [-0.39, 0.29) is 18.7 Å². The molecule has 0 aliphatic rings. The van der Waals surface area contributed by atoms with E-state index >= 15 is 0 Å². The van der Waals surface area contributed by atoms with Crippen molar-refractivity contribution in [2.45, 2.75) is 12.8 Å². The van der Waals surface area contributed by atoms with E-state index in [1.165, 1.54) is 14.2 Å². The molecule has 6 heteroatoms. The fourth-order valence-corrected chi connectivity index (χ4v) is 1.54. The molecule has 18 heavy (non-hydrogen) atoms. The zero-order chi connectivity index (χ0) is 13.5. The summed E-state index contributed by atoms with van der Waals surface area (Å²) in [5.74, 6) is -0.163. The molecule has 0 spiro atoms. The molecule has 98 valence electrons. The highest BCUT2D eigenvalue weighted by atomic mass is 35.5. The predicted octanol–water partition coefficient (Wildman–Crippen LogP) is 2.24. The van der Waals surface area contributed by atoms with Gasteiger partial charge in [-0.2, -0.15) is 0 Å². The first kappa shape index (κ1) is 14.3. The lowest BCUT2D eigenvalue weighted by Gasteiger charge is -2.07. The Balaban J connectivity index is 2.54. The van der Waals surface area contributed by atoms with Crippen LogP contribution in [0, 0.1) is 0 Å². The van der Waals surface area contributed by atoms with Gasteiger partial charge in [0.2, 0.25) is 5.91 Å². The molecule has 1 rings (SSSR count). The third-order valence-electron chi connectivity index (χ3n) is 2.22. The molecule has 0 heterocycles. The van der Waals surface area contributed by atoms with Crippen molar-refractivity contribution >= 4 is 29.2 Å². The molecular formula is C12H14ClNO4. The SMILES string of the molecule is COC(=O)CCC(=O)Nc1ccc(OC)c(Cl)c1. The van der Waals surface area contributed by atoms with E-state index in [0.29, 0.717) is 16.5 Å². The second kappa shape index (κ2) is 6.86. The Morgan fingerprint density at radius 1 is 1.28 bits per heavy atom. The van der Waals surface area contributed by atoms with Crippen LogP contribution in [0.5, 0.6) is 5.75 Å². The maximum atomic E-state index is 11.5. The normalized spacial score (nSPS) is 9.72. The minimum absolute atomic E-state index is 0.0478. The number of carbonyl (C=O) groups is 2. The number of carbonyl (C=O) groups excluding carboxylic acids is 2. The number of esters is 1. The van der Waals surface area contributed by atoms with Crippen molar-refractivity contribution in [1.82, 2.24) is 0 Å². The van der Waals surface area contributed by atoms with Crippen LogP contribution < -0.4 is 10.1 Å². The van der Waals surface area contributed by atoms with Crippen molar-refractivity contribution in [3.63, 3.8) is 0 Å². The summed E-state index contributed by atoms with van der Waals surface area (Å²) in [4.78, 5) is 22.4. The van der Waals surface area contributed by atoms with E-state index in [1.54, 1.807) is 18.2 Å². The zero-order valence-corrected chi connectivity index (χ0v) is 10.9. The second-order valence-corrected chi connectivity index (χ2v) is 3.88. The van der Waals surface area contributed by atoms with Crippen molar-refractivity contribution in [3.8, 4) is 5.75 Å². The summed E-state index contributed by atoms with van der Waals surface area (Å²) in [6.45, 7) is 0. The summed E-state index contributed by atoms with van der Waals surface area (Å²) in [5, 5.41) is 3.03. The molecule has 0 aromatic heterocycles. The minimum atomic E-state index is -0.419. The van der Waals surface area contributed by atoms with Crippen LogP contribution in [-0.4, -0.2) is 26.1 Å². The Morgan fingerprint density at radius 3 is 2.56 bits per heavy atom. The highest BCUT2D eigenvalue weighted by molar-refractivity contribution is 6.32. The molecule has 1 aromatic carbocycles. The van der Waals surface area contributed by atoms with Gasteiger partial charge in [0.05, 0.1) is 25.7 Å². The molecule has 0 aliphatic heterocycles. The van der Waals surface area contributed by atoms with Crippen LogP contribution in [0.3, 0.4) is 0 Å². The van der Waals surface area contributed by atoms with Gasteiger partial charge < -0.3 is 14.8 Å². The fourth-order valence-electron chi connectivity index (χ4n) is 1.29. The molecule has 0 atom stereocenters. The van der Waals surface area contributed by atoms with Gasteiger partial charge in [-0.05, 0) is 18.2 Å². The Labute approximate surface area is 110 Å². The van der Waals surface area contributed by atoms with Crippen molar-refractivity contribution in [2.75, 3.05) is 19.5 Å². The third kappa shape index (κ3) is 4.25. The predicted molar refractivity (Wildman–Crippen MR) is 67.9 cm³/mol. The molecule has 0 radical (unpaired) electrons. The summed E-state index contributed by atoms with van der Waals surface area (Å²) >= 11 is 5.91. The number of hydrogen-bond donors (Lipinski definition) is 1. The maximum absolute atomic E-state index is 11.5. The smallest absolute Gasteiger partial charge is 0.306 e. The number of halogens is 1. The quantitative estimate of drug-likeness (QED) is 0.834. The topological polar surface area (TPSA) is 64.6 Å². The van der Waals surface area contributed by atoms with E-state index in [1.807, 2.05) is 0 Å². The highest BCUT2D eigenvalue weighted by Gasteiger charge is 2.08. The van der Waals surface area contributed by atoms with E-state index in [2.05, 4.69) is 10.1 Å². The van der Waals surface area contributed by atoms with Gasteiger partial charge in [0.15, 0.2) is 0 Å². The van der Waals surface area contributed by atoms with E-state index < -0.39 is 5.97 Å². The average Bonchev–Trinajstić information content (AvgIpc) is 2.36. The molecule has 0 saturated heterocycles. The first-order valence-electron chi connectivity index (χ1n) is 5.27. The number of methoxy groups -OCH3 is 2. The number of nitrogens with one attached hydrogen (secondary N) is 1. The van der Waals surface area contributed by atoms with Crippen LogP contribution in [0.15, 0.2) is 18.2 Å². The van der Waals surface area contributed by atoms with Crippen molar-refractivity contribution < 1.29 is 19.1 Å². The lowest BCUT2D eigenvalue weighted by atomic mass is 10.2. The lowest BCUT2D eigenvalue weighted by Crippen LogP contribution is -2.13. The van der Waals surface area contributed by atoms with E-state index in [0.717, 1.165) is 0 Å². The summed E-state index contributed by atoms with van der Waals surface area (Å²) < 4.78 is 9.44. The number of anilines is 1. The molecule has 1 aromatic rings. The van der Waals surface area contributed by atoms with Gasteiger partial charge >= 0.3 is 5.97 Å². The first-order valence-corrected chi connectivity index (χ1v) is 5.65. The molecule has 1 N–H and O–H groups in total. The van der Waals surface area contributed by atoms with Crippen LogP contribution in [-0.2, 0) is 14.3 Å². The zero-order valence-electron chi connectivity index (χ0n) is 10.2. The maximum Gasteiger partial charge on any atom is 0.306 e. The van der Waals surface area contributed by atoms with Gasteiger partial charge in [-0.25, -0.2) is 0 Å². The molecule has 0 unspecified atom stereocenters. The summed E-state index contributed by atoms with van der Waals surface area (Å²) in [5.41, 5.74) is 0.552. The average molecular weight is 272 g/mol. The molecule has 0 saturated carbocycles. The standard InChI is InChI=1S/C12H14ClNO4/c1-17-10-4-3-8(7-9(10)13)14-11(15)5-6-12(16)18-2/h3-4,7H,5-6H2,1-2H3,(H,14,15). The van der Waals surface area contributed by atoms with Crippen molar-refractivity contribution in [3.05, 3.63) is 23.2 Å². The first-order chi connectivity index (χ1) is 8.56. The molecule has 1 amide bonds. The summed E-state index contributed by atoms with van der Waals surface area (Å²) in [7, 11) is 2.79. The minimum Gasteiger partial charge on any atom is -0.495 e. The largest absolute Gasteiger partial charge is 0.495 e. The Morgan fingerprint density at radius 2 is 2.00 bits per heavy atom. The van der Waals surface area contributed by atoms with Crippen LogP contribution in [0.1, 0.15) is 12.8 Å². The lowest BCUT2D eigenvalue weighted by molar-refractivity contribution is -0.141. The number of amides is 1. The number of hydrogen-bond acceptors (Lipinski definition) is 4. The monoisotopic (exact) mass is 271 g/mol. The Hall–Kier alpha value is -1.75. The molecule has 5 nitrogen and oxygen atoms in total. The van der Waals surface area contributed by atoms with Gasteiger partial charge in [-0.3, -0.25) is 9.59 Å².